The lowest BCUT2D eigenvalue weighted by molar-refractivity contribution is -0.134. The van der Waals surface area contributed by atoms with E-state index in [0.717, 1.165) is 5.56 Å². The van der Waals surface area contributed by atoms with Crippen LogP contribution in [0.4, 0.5) is 14.5 Å². The van der Waals surface area contributed by atoms with Crippen LogP contribution in [-0.2, 0) is 4.79 Å². The zero-order chi connectivity index (χ0) is 25.1. The Hall–Kier alpha value is -3.78. The van der Waals surface area contributed by atoms with Gasteiger partial charge in [0.05, 0.1) is 31.1 Å². The van der Waals surface area contributed by atoms with Crippen LogP contribution in [-0.4, -0.2) is 61.4 Å². The molecule has 0 saturated carbocycles. The number of amides is 1. The SMILES string of the molecule is COc1cccc(C2=NN(C(=O)CN3CCN(c4ccccc4F)CC3)C(c3ccccc3F)C2)c1. The highest BCUT2D eigenvalue weighted by Crippen LogP contribution is 2.35. The van der Waals surface area contributed by atoms with E-state index in [0.29, 0.717) is 55.3 Å². The molecule has 2 heterocycles. The first-order valence-electron chi connectivity index (χ1n) is 12.0. The molecule has 0 aliphatic carbocycles. The molecular weight excluding hydrogens is 462 g/mol. The third kappa shape index (κ3) is 4.95. The van der Waals surface area contributed by atoms with Gasteiger partial charge >= 0.3 is 0 Å². The summed E-state index contributed by atoms with van der Waals surface area (Å²) in [6, 6.07) is 20.2. The summed E-state index contributed by atoms with van der Waals surface area (Å²) in [4.78, 5) is 17.5. The molecule has 1 saturated heterocycles. The fraction of sp³-hybridized carbons (Fsp3) is 0.286. The molecule has 0 radical (unpaired) electrons. The zero-order valence-corrected chi connectivity index (χ0v) is 20.1. The molecule has 2 aliphatic rings. The second-order valence-electron chi connectivity index (χ2n) is 8.97. The lowest BCUT2D eigenvalue weighted by atomic mass is 9.98. The number of hydrogen-bond donors (Lipinski definition) is 0. The number of carbonyl (C=O) groups excluding carboxylic acids is 1. The predicted octanol–water partition coefficient (Wildman–Crippen LogP) is 4.47. The van der Waals surface area contributed by atoms with Crippen molar-refractivity contribution in [2.75, 3.05) is 44.7 Å². The standard InChI is InChI=1S/C28H28F2N4O2/c1-36-21-8-6-7-20(17-21)25-18-27(22-9-2-3-10-23(22)29)34(31-25)28(35)19-32-13-15-33(16-14-32)26-12-5-4-11-24(26)30/h2-12,17,27H,13-16,18-19H2,1H3. The lowest BCUT2D eigenvalue weighted by Gasteiger charge is -2.36. The van der Waals surface area contributed by atoms with Gasteiger partial charge in [-0.2, -0.15) is 5.10 Å². The fourth-order valence-corrected chi connectivity index (χ4v) is 4.82. The van der Waals surface area contributed by atoms with Crippen molar-refractivity contribution in [1.29, 1.82) is 0 Å². The number of para-hydroxylation sites is 1. The number of hydrogen-bond acceptors (Lipinski definition) is 5. The van der Waals surface area contributed by atoms with Crippen LogP contribution in [0.2, 0.25) is 0 Å². The molecule has 0 aromatic heterocycles. The van der Waals surface area contributed by atoms with Gasteiger partial charge in [-0.05, 0) is 30.3 Å². The Morgan fingerprint density at radius 1 is 0.944 bits per heavy atom. The second-order valence-corrected chi connectivity index (χ2v) is 8.97. The fourth-order valence-electron chi connectivity index (χ4n) is 4.82. The number of rotatable bonds is 6. The molecule has 5 rings (SSSR count). The lowest BCUT2D eigenvalue weighted by Crippen LogP contribution is -2.49. The van der Waals surface area contributed by atoms with E-state index in [4.69, 9.17) is 4.74 Å². The minimum absolute atomic E-state index is 0.158. The van der Waals surface area contributed by atoms with Crippen LogP contribution in [0.1, 0.15) is 23.6 Å². The van der Waals surface area contributed by atoms with Crippen molar-refractivity contribution in [3.05, 3.63) is 95.6 Å². The van der Waals surface area contributed by atoms with Crippen LogP contribution >= 0.6 is 0 Å². The molecule has 0 spiro atoms. The number of nitrogens with zero attached hydrogens (tertiary/aromatic N) is 4. The first-order valence-corrected chi connectivity index (χ1v) is 12.0. The Morgan fingerprint density at radius 2 is 1.67 bits per heavy atom. The highest BCUT2D eigenvalue weighted by atomic mass is 19.1. The van der Waals surface area contributed by atoms with E-state index in [1.807, 2.05) is 40.1 Å². The van der Waals surface area contributed by atoms with Crippen LogP contribution in [0.15, 0.2) is 77.9 Å². The van der Waals surface area contributed by atoms with Gasteiger partial charge in [0, 0.05) is 43.7 Å². The van der Waals surface area contributed by atoms with Gasteiger partial charge in [0.1, 0.15) is 17.4 Å². The maximum absolute atomic E-state index is 14.8. The van der Waals surface area contributed by atoms with Gasteiger partial charge in [-0.15, -0.1) is 0 Å². The maximum Gasteiger partial charge on any atom is 0.257 e. The monoisotopic (exact) mass is 490 g/mol. The molecule has 1 unspecified atom stereocenters. The number of hydrazone groups is 1. The van der Waals surface area contributed by atoms with Crippen molar-refractivity contribution < 1.29 is 18.3 Å². The van der Waals surface area contributed by atoms with Crippen LogP contribution in [0.25, 0.3) is 0 Å². The molecule has 3 aromatic carbocycles. The summed E-state index contributed by atoms with van der Waals surface area (Å²) in [6.45, 7) is 2.62. The van der Waals surface area contributed by atoms with Crippen molar-refractivity contribution in [1.82, 2.24) is 9.91 Å². The second kappa shape index (κ2) is 10.5. The van der Waals surface area contributed by atoms with Crippen LogP contribution < -0.4 is 9.64 Å². The summed E-state index contributed by atoms with van der Waals surface area (Å²) in [6.07, 6.45) is 0.404. The third-order valence-electron chi connectivity index (χ3n) is 6.76. The number of ether oxygens (including phenoxy) is 1. The number of methoxy groups -OCH3 is 1. The highest BCUT2D eigenvalue weighted by molar-refractivity contribution is 6.03. The Balaban J connectivity index is 1.33. The van der Waals surface area contributed by atoms with Crippen LogP contribution in [0.5, 0.6) is 5.75 Å². The smallest absolute Gasteiger partial charge is 0.257 e. The summed E-state index contributed by atoms with van der Waals surface area (Å²) in [7, 11) is 1.60. The highest BCUT2D eigenvalue weighted by Gasteiger charge is 2.35. The van der Waals surface area contributed by atoms with Gasteiger partial charge in [-0.1, -0.05) is 42.5 Å². The minimum Gasteiger partial charge on any atom is -0.497 e. The number of piperazine rings is 1. The van der Waals surface area contributed by atoms with E-state index >= 15 is 0 Å². The van der Waals surface area contributed by atoms with Gasteiger partial charge in [-0.25, -0.2) is 13.8 Å². The summed E-state index contributed by atoms with van der Waals surface area (Å²) in [5, 5.41) is 6.09. The molecule has 6 nitrogen and oxygen atoms in total. The molecule has 186 valence electrons. The topological polar surface area (TPSA) is 48.4 Å². The van der Waals surface area contributed by atoms with Gasteiger partial charge < -0.3 is 9.64 Å². The molecular formula is C28H28F2N4O2. The molecule has 0 bridgehead atoms. The summed E-state index contributed by atoms with van der Waals surface area (Å²) in [5.41, 5.74) is 2.57. The number of carbonyl (C=O) groups is 1. The van der Waals surface area contributed by atoms with E-state index in [9.17, 15) is 13.6 Å². The normalized spacial score (nSPS) is 18.3. The largest absolute Gasteiger partial charge is 0.497 e. The van der Waals surface area contributed by atoms with Gasteiger partial charge in [0.15, 0.2) is 0 Å². The Labute approximate surface area is 209 Å². The zero-order valence-electron chi connectivity index (χ0n) is 20.1. The van der Waals surface area contributed by atoms with E-state index < -0.39 is 6.04 Å². The first kappa shape index (κ1) is 23.9. The number of anilines is 1. The number of halogens is 2. The van der Waals surface area contributed by atoms with Crippen LogP contribution in [0, 0.1) is 11.6 Å². The average Bonchev–Trinajstić information content (AvgIpc) is 3.35. The Bertz CT molecular complexity index is 1270. The summed E-state index contributed by atoms with van der Waals surface area (Å²) >= 11 is 0. The molecule has 2 aliphatic heterocycles. The van der Waals surface area contributed by atoms with E-state index in [2.05, 4.69) is 5.10 Å². The summed E-state index contributed by atoms with van der Waals surface area (Å²) in [5.74, 6) is -0.109. The van der Waals surface area contributed by atoms with Crippen molar-refractivity contribution >= 4 is 17.3 Å². The molecule has 8 heteroatoms. The molecule has 1 amide bonds. The molecule has 36 heavy (non-hydrogen) atoms. The predicted molar refractivity (Wildman–Crippen MR) is 135 cm³/mol. The average molecular weight is 491 g/mol. The third-order valence-corrected chi connectivity index (χ3v) is 6.76. The minimum atomic E-state index is -0.528. The van der Waals surface area contributed by atoms with Crippen molar-refractivity contribution in [2.45, 2.75) is 12.5 Å². The van der Waals surface area contributed by atoms with Crippen molar-refractivity contribution in [3.63, 3.8) is 0 Å². The molecule has 1 atom stereocenters. The van der Waals surface area contributed by atoms with Gasteiger partial charge in [0.2, 0.25) is 0 Å². The van der Waals surface area contributed by atoms with Crippen molar-refractivity contribution in [3.8, 4) is 5.75 Å². The van der Waals surface area contributed by atoms with Crippen LogP contribution in [0.3, 0.4) is 0 Å². The van der Waals surface area contributed by atoms with Gasteiger partial charge in [0.25, 0.3) is 5.91 Å². The Morgan fingerprint density at radius 3 is 2.39 bits per heavy atom. The number of benzene rings is 3. The first-order chi connectivity index (χ1) is 17.5. The van der Waals surface area contributed by atoms with E-state index in [-0.39, 0.29) is 24.1 Å². The molecule has 1 fully saturated rings. The van der Waals surface area contributed by atoms with E-state index in [1.165, 1.54) is 17.1 Å². The molecule has 0 N–H and O–H groups in total. The molecule has 3 aromatic rings. The van der Waals surface area contributed by atoms with Gasteiger partial charge in [-0.3, -0.25) is 9.69 Å². The van der Waals surface area contributed by atoms with Crippen molar-refractivity contribution in [2.24, 2.45) is 5.10 Å². The maximum atomic E-state index is 14.8. The van der Waals surface area contributed by atoms with E-state index in [1.54, 1.807) is 37.4 Å². The quantitative estimate of drug-likeness (QED) is 0.512. The summed E-state index contributed by atoms with van der Waals surface area (Å²) < 4.78 is 34.3. The Kier molecular flexibility index (Phi) is 6.95.